The molecule has 7 nitrogen and oxygen atoms in total. The number of alkyl halides is 3. The van der Waals surface area contributed by atoms with Gasteiger partial charge in [0.05, 0.1) is 5.69 Å². The Balaban J connectivity index is 1.60. The number of halogens is 5. The van der Waals surface area contributed by atoms with E-state index in [9.17, 15) is 27.2 Å². The van der Waals surface area contributed by atoms with Gasteiger partial charge in [-0.25, -0.2) is 9.07 Å². The van der Waals surface area contributed by atoms with Crippen molar-refractivity contribution in [3.63, 3.8) is 0 Å². The number of benzene rings is 2. The van der Waals surface area contributed by atoms with E-state index in [0.717, 1.165) is 24.3 Å². The SMILES string of the molecule is O=C(CCCNC(=O)c1nnn(-c2ccc(F)cc2)c1C(F)(F)F)Nc1ccc(Cl)cc1. The third kappa shape index (κ3) is 5.82. The first-order valence-corrected chi connectivity index (χ1v) is 9.65. The summed E-state index contributed by atoms with van der Waals surface area (Å²) in [5.74, 6) is -2.07. The Hall–Kier alpha value is -3.47. The first-order valence-electron chi connectivity index (χ1n) is 9.27. The lowest BCUT2D eigenvalue weighted by molar-refractivity contribution is -0.143. The van der Waals surface area contributed by atoms with Gasteiger partial charge in [0, 0.05) is 23.7 Å². The topological polar surface area (TPSA) is 88.9 Å². The molecule has 0 saturated carbocycles. The zero-order chi connectivity index (χ0) is 23.3. The van der Waals surface area contributed by atoms with Crippen molar-refractivity contribution in [2.75, 3.05) is 11.9 Å². The molecule has 0 aliphatic carbocycles. The van der Waals surface area contributed by atoms with E-state index < -0.39 is 29.3 Å². The number of hydrogen-bond acceptors (Lipinski definition) is 4. The van der Waals surface area contributed by atoms with E-state index in [4.69, 9.17) is 11.6 Å². The van der Waals surface area contributed by atoms with Gasteiger partial charge in [-0.2, -0.15) is 13.2 Å². The molecule has 0 fully saturated rings. The van der Waals surface area contributed by atoms with Gasteiger partial charge in [-0.15, -0.1) is 5.10 Å². The molecule has 1 heterocycles. The minimum atomic E-state index is -4.94. The van der Waals surface area contributed by atoms with Crippen LogP contribution >= 0.6 is 11.6 Å². The van der Waals surface area contributed by atoms with Crippen molar-refractivity contribution in [2.45, 2.75) is 19.0 Å². The largest absolute Gasteiger partial charge is 0.435 e. The van der Waals surface area contributed by atoms with Crippen LogP contribution in [0.15, 0.2) is 48.5 Å². The van der Waals surface area contributed by atoms with Gasteiger partial charge in [0.1, 0.15) is 5.82 Å². The second-order valence-corrected chi connectivity index (χ2v) is 7.02. The minimum absolute atomic E-state index is 0.0251. The molecule has 3 aromatic rings. The molecule has 3 rings (SSSR count). The van der Waals surface area contributed by atoms with E-state index >= 15 is 0 Å². The van der Waals surface area contributed by atoms with Crippen LogP contribution in [-0.2, 0) is 11.0 Å². The Kier molecular flexibility index (Phi) is 7.08. The monoisotopic (exact) mass is 469 g/mol. The van der Waals surface area contributed by atoms with Crippen molar-refractivity contribution in [2.24, 2.45) is 0 Å². The summed E-state index contributed by atoms with van der Waals surface area (Å²) in [5.41, 5.74) is -1.88. The van der Waals surface area contributed by atoms with Gasteiger partial charge >= 0.3 is 6.18 Å². The van der Waals surface area contributed by atoms with Crippen molar-refractivity contribution in [3.8, 4) is 5.69 Å². The average molecular weight is 470 g/mol. The predicted molar refractivity (Wildman–Crippen MR) is 108 cm³/mol. The quantitative estimate of drug-likeness (QED) is 0.400. The summed E-state index contributed by atoms with van der Waals surface area (Å²) in [6, 6.07) is 10.5. The summed E-state index contributed by atoms with van der Waals surface area (Å²) < 4.78 is 54.2. The van der Waals surface area contributed by atoms with Crippen molar-refractivity contribution < 1.29 is 27.2 Å². The van der Waals surface area contributed by atoms with Crippen LogP contribution in [0.4, 0.5) is 23.2 Å². The van der Waals surface area contributed by atoms with E-state index in [1.165, 1.54) is 0 Å². The Morgan fingerprint density at radius 1 is 1.03 bits per heavy atom. The maximum Gasteiger partial charge on any atom is 0.435 e. The highest BCUT2D eigenvalue weighted by Crippen LogP contribution is 2.32. The summed E-state index contributed by atoms with van der Waals surface area (Å²) in [7, 11) is 0. The Morgan fingerprint density at radius 3 is 2.31 bits per heavy atom. The number of carbonyl (C=O) groups is 2. The van der Waals surface area contributed by atoms with Crippen LogP contribution in [0.25, 0.3) is 5.69 Å². The van der Waals surface area contributed by atoms with Crippen LogP contribution in [0, 0.1) is 5.82 Å². The fourth-order valence-electron chi connectivity index (χ4n) is 2.74. The lowest BCUT2D eigenvalue weighted by Gasteiger charge is -2.11. The van der Waals surface area contributed by atoms with E-state index in [0.29, 0.717) is 15.4 Å². The van der Waals surface area contributed by atoms with Crippen molar-refractivity contribution in [3.05, 3.63) is 70.8 Å². The zero-order valence-electron chi connectivity index (χ0n) is 16.3. The van der Waals surface area contributed by atoms with Gasteiger partial charge in [-0.3, -0.25) is 9.59 Å². The number of anilines is 1. The summed E-state index contributed by atoms with van der Waals surface area (Å²) in [4.78, 5) is 24.2. The molecule has 0 unspecified atom stereocenters. The number of rotatable bonds is 7. The number of hydrogen-bond donors (Lipinski definition) is 2. The van der Waals surface area contributed by atoms with Crippen LogP contribution in [0.3, 0.4) is 0 Å². The summed E-state index contributed by atoms with van der Waals surface area (Å²) in [6.07, 6.45) is -4.74. The number of aromatic nitrogens is 3. The fourth-order valence-corrected chi connectivity index (χ4v) is 2.87. The standard InChI is InChI=1S/C20H16ClF4N5O2/c21-12-3-7-14(8-4-12)27-16(31)2-1-11-26-19(32)17-18(20(23,24)25)30(29-28-17)15-9-5-13(22)6-10-15/h3-10H,1-2,11H2,(H,26,32)(H,27,31). The first kappa shape index (κ1) is 23.2. The zero-order valence-corrected chi connectivity index (χ0v) is 17.0. The minimum Gasteiger partial charge on any atom is -0.351 e. The molecule has 0 saturated heterocycles. The lowest BCUT2D eigenvalue weighted by Crippen LogP contribution is -2.28. The predicted octanol–water partition coefficient (Wildman–Crippen LogP) is 4.23. The van der Waals surface area contributed by atoms with Gasteiger partial charge in [-0.1, -0.05) is 16.8 Å². The molecule has 0 bridgehead atoms. The molecular weight excluding hydrogens is 454 g/mol. The van der Waals surface area contributed by atoms with Crippen molar-refractivity contribution in [1.29, 1.82) is 0 Å². The highest BCUT2D eigenvalue weighted by molar-refractivity contribution is 6.30. The average Bonchev–Trinajstić information content (AvgIpc) is 3.19. The molecule has 0 radical (unpaired) electrons. The van der Waals surface area contributed by atoms with Crippen molar-refractivity contribution in [1.82, 2.24) is 20.3 Å². The smallest absolute Gasteiger partial charge is 0.351 e. The summed E-state index contributed by atoms with van der Waals surface area (Å²) in [6.45, 7) is -0.0619. The van der Waals surface area contributed by atoms with E-state index in [2.05, 4.69) is 20.9 Å². The third-order valence-electron chi connectivity index (χ3n) is 4.22. The van der Waals surface area contributed by atoms with Crippen molar-refractivity contribution >= 4 is 29.1 Å². The van der Waals surface area contributed by atoms with Gasteiger partial charge in [0.2, 0.25) is 5.91 Å². The normalized spacial score (nSPS) is 11.3. The Bertz CT molecular complexity index is 1100. The maximum atomic E-state index is 13.6. The number of nitrogens with zero attached hydrogens (tertiary/aromatic N) is 3. The molecule has 2 amide bonds. The third-order valence-corrected chi connectivity index (χ3v) is 4.47. The number of carbonyl (C=O) groups excluding carboxylic acids is 2. The molecule has 0 aliphatic rings. The molecule has 168 valence electrons. The van der Waals surface area contributed by atoms with E-state index in [1.54, 1.807) is 24.3 Å². The van der Waals surface area contributed by atoms with Gasteiger partial charge in [0.25, 0.3) is 5.91 Å². The van der Waals surface area contributed by atoms with E-state index in [-0.39, 0.29) is 31.0 Å². The summed E-state index contributed by atoms with van der Waals surface area (Å²) in [5, 5.41) is 12.2. The molecule has 32 heavy (non-hydrogen) atoms. The maximum absolute atomic E-state index is 13.6. The second-order valence-electron chi connectivity index (χ2n) is 6.59. The van der Waals surface area contributed by atoms with Gasteiger partial charge < -0.3 is 10.6 Å². The molecule has 0 spiro atoms. The summed E-state index contributed by atoms with van der Waals surface area (Å²) >= 11 is 5.76. The fraction of sp³-hybridized carbons (Fsp3) is 0.200. The molecule has 2 N–H and O–H groups in total. The van der Waals surface area contributed by atoms with Gasteiger partial charge in [-0.05, 0) is 55.0 Å². The molecule has 1 aromatic heterocycles. The van der Waals surface area contributed by atoms with Crippen LogP contribution < -0.4 is 10.6 Å². The lowest BCUT2D eigenvalue weighted by atomic mass is 10.2. The Labute approximate surface area is 184 Å². The number of nitrogens with one attached hydrogen (secondary N) is 2. The Morgan fingerprint density at radius 2 is 1.69 bits per heavy atom. The highest BCUT2D eigenvalue weighted by Gasteiger charge is 2.41. The molecule has 12 heteroatoms. The molecule has 2 aromatic carbocycles. The van der Waals surface area contributed by atoms with E-state index in [1.807, 2.05) is 0 Å². The van der Waals surface area contributed by atoms with Crippen LogP contribution in [0.5, 0.6) is 0 Å². The van der Waals surface area contributed by atoms with Crippen LogP contribution in [0.1, 0.15) is 29.0 Å². The highest BCUT2D eigenvalue weighted by atomic mass is 35.5. The molecule has 0 aliphatic heterocycles. The van der Waals surface area contributed by atoms with Crippen LogP contribution in [-0.4, -0.2) is 33.4 Å². The molecule has 0 atom stereocenters. The number of amides is 2. The van der Waals surface area contributed by atoms with Gasteiger partial charge in [0.15, 0.2) is 11.4 Å². The van der Waals surface area contributed by atoms with Crippen LogP contribution in [0.2, 0.25) is 5.02 Å². The first-order chi connectivity index (χ1) is 15.1. The second kappa shape index (κ2) is 9.77. The molecular formula is C20H16ClF4N5O2.